The molecule has 128 valence electrons. The van der Waals surface area contributed by atoms with Crippen molar-refractivity contribution in [3.8, 4) is 0 Å². The Labute approximate surface area is 149 Å². The van der Waals surface area contributed by atoms with Gasteiger partial charge in [-0.1, -0.05) is 18.2 Å². The van der Waals surface area contributed by atoms with Crippen LogP contribution in [0.4, 0.5) is 0 Å². The molecule has 0 spiro atoms. The van der Waals surface area contributed by atoms with E-state index in [4.69, 9.17) is 10.7 Å². The van der Waals surface area contributed by atoms with Crippen LogP contribution in [-0.4, -0.2) is 31.7 Å². The molecule has 1 unspecified atom stereocenters. The summed E-state index contributed by atoms with van der Waals surface area (Å²) >= 11 is 0. The van der Waals surface area contributed by atoms with Crippen LogP contribution in [0.3, 0.4) is 0 Å². The number of hydrogen-bond acceptors (Lipinski definition) is 4. The topological polar surface area (TPSA) is 71.5 Å². The van der Waals surface area contributed by atoms with Crippen LogP contribution >= 0.6 is 10.7 Å². The van der Waals surface area contributed by atoms with Crippen molar-refractivity contribution in [2.24, 2.45) is 5.92 Å². The minimum absolute atomic E-state index is 0.0745. The average Bonchev–Trinajstić information content (AvgIpc) is 3.08. The first-order valence-corrected chi connectivity index (χ1v) is 10.2. The SMILES string of the molecule is O=C1c2ccccc2C(=O)N1CC1Cc2ccc(S(=O)(=O)Cl)cc2C1. The summed E-state index contributed by atoms with van der Waals surface area (Å²) < 4.78 is 22.9. The van der Waals surface area contributed by atoms with Crippen molar-refractivity contribution < 1.29 is 18.0 Å². The van der Waals surface area contributed by atoms with Gasteiger partial charge in [0.15, 0.2) is 0 Å². The van der Waals surface area contributed by atoms with Crippen molar-refractivity contribution >= 4 is 31.5 Å². The summed E-state index contributed by atoms with van der Waals surface area (Å²) in [4.78, 5) is 26.3. The number of carbonyl (C=O) groups is 2. The molecule has 25 heavy (non-hydrogen) atoms. The number of hydrogen-bond donors (Lipinski definition) is 0. The van der Waals surface area contributed by atoms with Gasteiger partial charge in [0.05, 0.1) is 16.0 Å². The van der Waals surface area contributed by atoms with Crippen LogP contribution in [0, 0.1) is 5.92 Å². The molecule has 0 N–H and O–H groups in total. The van der Waals surface area contributed by atoms with Crippen LogP contribution in [0.25, 0.3) is 0 Å². The minimum atomic E-state index is -3.76. The van der Waals surface area contributed by atoms with Crippen molar-refractivity contribution in [3.05, 3.63) is 64.7 Å². The van der Waals surface area contributed by atoms with Crippen molar-refractivity contribution in [1.82, 2.24) is 4.90 Å². The number of carbonyl (C=O) groups excluding carboxylic acids is 2. The molecule has 0 fully saturated rings. The molecule has 2 amide bonds. The molecule has 0 radical (unpaired) electrons. The standard InChI is InChI=1S/C18H14ClNO4S/c19-25(23,24)14-6-5-12-7-11(8-13(12)9-14)10-20-17(21)15-3-1-2-4-16(15)18(20)22/h1-6,9,11H,7-8,10H2. The summed E-state index contributed by atoms with van der Waals surface area (Å²) in [6.45, 7) is 0.323. The monoisotopic (exact) mass is 375 g/mol. The van der Waals surface area contributed by atoms with Gasteiger partial charge in [0, 0.05) is 17.2 Å². The maximum Gasteiger partial charge on any atom is 0.261 e. The largest absolute Gasteiger partial charge is 0.274 e. The maximum absolute atomic E-state index is 12.5. The first kappa shape index (κ1) is 16.3. The Morgan fingerprint density at radius 1 is 0.960 bits per heavy atom. The first-order chi connectivity index (χ1) is 11.8. The van der Waals surface area contributed by atoms with Crippen molar-refractivity contribution in [2.45, 2.75) is 17.7 Å². The van der Waals surface area contributed by atoms with E-state index >= 15 is 0 Å². The number of fused-ring (bicyclic) bond motifs is 2. The highest BCUT2D eigenvalue weighted by atomic mass is 35.7. The van der Waals surface area contributed by atoms with Gasteiger partial charge in [0.1, 0.15) is 0 Å². The van der Waals surface area contributed by atoms with E-state index in [1.807, 2.05) is 0 Å². The lowest BCUT2D eigenvalue weighted by Crippen LogP contribution is -2.34. The summed E-state index contributed by atoms with van der Waals surface area (Å²) in [7, 11) is 1.63. The predicted molar refractivity (Wildman–Crippen MR) is 92.2 cm³/mol. The number of rotatable bonds is 3. The van der Waals surface area contributed by atoms with Crippen LogP contribution in [0.1, 0.15) is 31.8 Å². The van der Waals surface area contributed by atoms with E-state index in [2.05, 4.69) is 0 Å². The van der Waals surface area contributed by atoms with Crippen molar-refractivity contribution in [3.63, 3.8) is 0 Å². The lowest BCUT2D eigenvalue weighted by molar-refractivity contribution is 0.0630. The Morgan fingerprint density at radius 2 is 1.56 bits per heavy atom. The van der Waals surface area contributed by atoms with Crippen LogP contribution in [-0.2, 0) is 21.9 Å². The Balaban J connectivity index is 1.54. The quantitative estimate of drug-likeness (QED) is 0.610. The van der Waals surface area contributed by atoms with Crippen LogP contribution in [0.5, 0.6) is 0 Å². The van der Waals surface area contributed by atoms with E-state index in [0.29, 0.717) is 30.5 Å². The third-order valence-electron chi connectivity index (χ3n) is 4.80. The molecular weight excluding hydrogens is 362 g/mol. The predicted octanol–water partition coefficient (Wildman–Crippen LogP) is 2.63. The highest BCUT2D eigenvalue weighted by Crippen LogP contribution is 2.32. The zero-order valence-corrected chi connectivity index (χ0v) is 14.7. The molecule has 2 aliphatic rings. The molecule has 0 saturated heterocycles. The van der Waals surface area contributed by atoms with Gasteiger partial charge in [-0.3, -0.25) is 14.5 Å². The number of halogens is 1. The Morgan fingerprint density at radius 3 is 2.16 bits per heavy atom. The summed E-state index contributed by atoms with van der Waals surface area (Å²) in [6, 6.07) is 11.6. The van der Waals surface area contributed by atoms with Crippen molar-refractivity contribution in [2.75, 3.05) is 6.54 Å². The fourth-order valence-corrected chi connectivity index (χ4v) is 4.43. The molecule has 2 aromatic carbocycles. The van der Waals surface area contributed by atoms with E-state index in [0.717, 1.165) is 11.1 Å². The molecule has 7 heteroatoms. The molecule has 0 aromatic heterocycles. The fraction of sp³-hybridized carbons (Fsp3) is 0.222. The second-order valence-electron chi connectivity index (χ2n) is 6.41. The zero-order chi connectivity index (χ0) is 17.8. The molecule has 0 bridgehead atoms. The molecule has 2 aromatic rings. The molecule has 1 heterocycles. The second-order valence-corrected chi connectivity index (χ2v) is 8.98. The molecule has 0 saturated carbocycles. The molecular formula is C18H14ClNO4S. The van der Waals surface area contributed by atoms with Crippen molar-refractivity contribution in [1.29, 1.82) is 0 Å². The molecule has 4 rings (SSSR count). The average molecular weight is 376 g/mol. The summed E-state index contributed by atoms with van der Waals surface area (Å²) in [5, 5.41) is 0. The van der Waals surface area contributed by atoms with E-state index < -0.39 is 9.05 Å². The van der Waals surface area contributed by atoms with Crippen LogP contribution in [0.15, 0.2) is 47.4 Å². The normalized spacial score (nSPS) is 19.2. The smallest absolute Gasteiger partial charge is 0.261 e. The van der Waals surface area contributed by atoms with Gasteiger partial charge in [-0.25, -0.2) is 8.42 Å². The fourth-order valence-electron chi connectivity index (χ4n) is 3.63. The third kappa shape index (κ3) is 2.75. The summed E-state index contributed by atoms with van der Waals surface area (Å²) in [6.07, 6.45) is 1.31. The lowest BCUT2D eigenvalue weighted by Gasteiger charge is -2.18. The van der Waals surface area contributed by atoms with Crippen LogP contribution in [0.2, 0.25) is 0 Å². The number of amides is 2. The molecule has 1 aliphatic carbocycles. The van der Waals surface area contributed by atoms with E-state index in [1.165, 1.54) is 11.0 Å². The van der Waals surface area contributed by atoms with Gasteiger partial charge in [0.25, 0.3) is 20.9 Å². The first-order valence-electron chi connectivity index (χ1n) is 7.86. The van der Waals surface area contributed by atoms with Gasteiger partial charge in [-0.15, -0.1) is 0 Å². The number of nitrogens with zero attached hydrogens (tertiary/aromatic N) is 1. The van der Waals surface area contributed by atoms with Gasteiger partial charge in [0.2, 0.25) is 0 Å². The van der Waals surface area contributed by atoms with Gasteiger partial charge in [-0.2, -0.15) is 0 Å². The summed E-state index contributed by atoms with van der Waals surface area (Å²) in [5.41, 5.74) is 2.83. The van der Waals surface area contributed by atoms with Gasteiger partial charge < -0.3 is 0 Å². The highest BCUT2D eigenvalue weighted by molar-refractivity contribution is 8.13. The maximum atomic E-state index is 12.5. The van der Waals surface area contributed by atoms with E-state index in [9.17, 15) is 18.0 Å². The number of benzene rings is 2. The second kappa shape index (κ2) is 5.68. The zero-order valence-electron chi connectivity index (χ0n) is 13.1. The molecule has 1 atom stereocenters. The van der Waals surface area contributed by atoms with Gasteiger partial charge in [-0.05, 0) is 54.2 Å². The Kier molecular flexibility index (Phi) is 3.70. The molecule has 5 nitrogen and oxygen atoms in total. The lowest BCUT2D eigenvalue weighted by atomic mass is 10.1. The van der Waals surface area contributed by atoms with E-state index in [1.54, 1.807) is 36.4 Å². The summed E-state index contributed by atoms with van der Waals surface area (Å²) in [5.74, 6) is -0.452. The minimum Gasteiger partial charge on any atom is -0.274 e. The van der Waals surface area contributed by atoms with Gasteiger partial charge >= 0.3 is 0 Å². The molecule has 1 aliphatic heterocycles. The van der Waals surface area contributed by atoms with E-state index in [-0.39, 0.29) is 22.6 Å². The number of imide groups is 1. The third-order valence-corrected chi connectivity index (χ3v) is 6.15. The highest BCUT2D eigenvalue weighted by Gasteiger charge is 2.37. The van der Waals surface area contributed by atoms with Crippen LogP contribution < -0.4 is 0 Å². The Hall–Kier alpha value is -2.18. The Bertz CT molecular complexity index is 980.